The summed E-state index contributed by atoms with van der Waals surface area (Å²) in [5.41, 5.74) is -0.227. The van der Waals surface area contributed by atoms with Gasteiger partial charge in [-0.3, -0.25) is 9.36 Å². The molecular weight excluding hydrogens is 267 g/mol. The van der Waals surface area contributed by atoms with Crippen molar-refractivity contribution in [2.24, 2.45) is 0 Å². The van der Waals surface area contributed by atoms with Crippen LogP contribution in [0.15, 0.2) is 22.6 Å². The Morgan fingerprint density at radius 1 is 1.44 bits per heavy atom. The second-order valence-corrected chi connectivity index (χ2v) is 4.57. The van der Waals surface area contributed by atoms with Gasteiger partial charge in [0.15, 0.2) is 0 Å². The molecule has 0 saturated heterocycles. The number of alkyl halides is 3. The van der Waals surface area contributed by atoms with E-state index >= 15 is 0 Å². The van der Waals surface area contributed by atoms with E-state index in [1.165, 1.54) is 22.2 Å². The molecule has 2 aromatic rings. The van der Waals surface area contributed by atoms with Gasteiger partial charge < -0.3 is 5.32 Å². The Bertz CT molecular complexity index is 590. The first-order chi connectivity index (χ1) is 8.47. The van der Waals surface area contributed by atoms with Crippen molar-refractivity contribution in [3.63, 3.8) is 0 Å². The molecular formula is C10H10F3N3OS. The molecule has 0 saturated carbocycles. The van der Waals surface area contributed by atoms with Gasteiger partial charge in [0.05, 0.1) is 18.3 Å². The fraction of sp³-hybridized carbons (Fsp3) is 0.400. The van der Waals surface area contributed by atoms with E-state index in [1.807, 2.05) is 0 Å². The zero-order valence-electron chi connectivity index (χ0n) is 9.20. The molecule has 2 heterocycles. The van der Waals surface area contributed by atoms with Crippen molar-refractivity contribution in [3.05, 3.63) is 28.1 Å². The summed E-state index contributed by atoms with van der Waals surface area (Å²) >= 11 is 1.35. The maximum Gasteiger partial charge on any atom is 0.401 e. The summed E-state index contributed by atoms with van der Waals surface area (Å²) in [5, 5.41) is 4.49. The minimum Gasteiger partial charge on any atom is -0.307 e. The largest absolute Gasteiger partial charge is 0.401 e. The van der Waals surface area contributed by atoms with Crippen LogP contribution in [0.3, 0.4) is 0 Å². The minimum atomic E-state index is -4.24. The topological polar surface area (TPSA) is 46.9 Å². The fourth-order valence-electron chi connectivity index (χ4n) is 1.48. The summed E-state index contributed by atoms with van der Waals surface area (Å²) in [5.74, 6) is 0. The van der Waals surface area contributed by atoms with Crippen molar-refractivity contribution >= 4 is 21.6 Å². The van der Waals surface area contributed by atoms with Gasteiger partial charge >= 0.3 is 6.18 Å². The summed E-state index contributed by atoms with van der Waals surface area (Å²) in [6.07, 6.45) is -2.88. The molecule has 0 spiro atoms. The number of nitrogens with one attached hydrogen (secondary N) is 1. The van der Waals surface area contributed by atoms with E-state index in [9.17, 15) is 18.0 Å². The Hall–Kier alpha value is -1.41. The number of aromatic nitrogens is 2. The minimum absolute atomic E-state index is 0.0662. The van der Waals surface area contributed by atoms with Crippen LogP contribution in [0.4, 0.5) is 13.2 Å². The molecule has 0 aliphatic carbocycles. The first kappa shape index (κ1) is 13.0. The standard InChI is InChI=1S/C10H10F3N3OS/c11-10(12,13)5-14-2-3-16-6-15-8-7(9(16)17)1-4-18-8/h1,4,6,14H,2-3,5H2. The van der Waals surface area contributed by atoms with E-state index in [4.69, 9.17) is 0 Å². The molecule has 8 heteroatoms. The van der Waals surface area contributed by atoms with Gasteiger partial charge in [0, 0.05) is 13.1 Å². The van der Waals surface area contributed by atoms with Gasteiger partial charge in [0.25, 0.3) is 5.56 Å². The van der Waals surface area contributed by atoms with Gasteiger partial charge in [0.2, 0.25) is 0 Å². The van der Waals surface area contributed by atoms with Crippen LogP contribution in [-0.2, 0) is 6.54 Å². The third-order valence-corrected chi connectivity index (χ3v) is 3.13. The molecule has 0 unspecified atom stereocenters. The van der Waals surface area contributed by atoms with Crippen LogP contribution >= 0.6 is 11.3 Å². The maximum absolute atomic E-state index is 11.9. The SMILES string of the molecule is O=c1c2ccsc2ncn1CCNCC(F)(F)F. The lowest BCUT2D eigenvalue weighted by atomic mass is 10.4. The number of nitrogens with zero attached hydrogens (tertiary/aromatic N) is 2. The zero-order valence-corrected chi connectivity index (χ0v) is 10.0. The normalized spacial score (nSPS) is 12.2. The highest BCUT2D eigenvalue weighted by atomic mass is 32.1. The lowest BCUT2D eigenvalue weighted by Crippen LogP contribution is -2.33. The Kier molecular flexibility index (Phi) is 3.67. The molecule has 0 aliphatic rings. The molecule has 2 rings (SSSR count). The van der Waals surface area contributed by atoms with Crippen molar-refractivity contribution in [3.8, 4) is 0 Å². The van der Waals surface area contributed by atoms with Crippen molar-refractivity contribution in [1.82, 2.24) is 14.9 Å². The van der Waals surface area contributed by atoms with E-state index in [0.717, 1.165) is 0 Å². The summed E-state index contributed by atoms with van der Waals surface area (Å²) in [7, 11) is 0. The number of fused-ring (bicyclic) bond motifs is 1. The van der Waals surface area contributed by atoms with Gasteiger partial charge in [-0.2, -0.15) is 13.2 Å². The van der Waals surface area contributed by atoms with Gasteiger partial charge in [-0.1, -0.05) is 0 Å². The number of rotatable bonds is 4. The van der Waals surface area contributed by atoms with Crippen molar-refractivity contribution < 1.29 is 13.2 Å². The molecule has 0 radical (unpaired) electrons. The summed E-state index contributed by atoms with van der Waals surface area (Å²) in [6.45, 7) is -0.833. The predicted molar refractivity (Wildman–Crippen MR) is 62.8 cm³/mol. The van der Waals surface area contributed by atoms with Crippen LogP contribution < -0.4 is 10.9 Å². The lowest BCUT2D eigenvalue weighted by Gasteiger charge is -2.09. The fourth-order valence-corrected chi connectivity index (χ4v) is 2.21. The smallest absolute Gasteiger partial charge is 0.307 e. The second kappa shape index (κ2) is 5.07. The third kappa shape index (κ3) is 3.08. The molecule has 98 valence electrons. The Morgan fingerprint density at radius 2 is 2.22 bits per heavy atom. The molecule has 0 fully saturated rings. The summed E-state index contributed by atoms with van der Waals surface area (Å²) in [4.78, 5) is 16.6. The van der Waals surface area contributed by atoms with Gasteiger partial charge in [0.1, 0.15) is 4.83 Å². The maximum atomic E-state index is 11.9. The van der Waals surface area contributed by atoms with E-state index in [0.29, 0.717) is 10.2 Å². The molecule has 2 aromatic heterocycles. The van der Waals surface area contributed by atoms with Crippen LogP contribution in [-0.4, -0.2) is 28.8 Å². The molecule has 18 heavy (non-hydrogen) atoms. The van der Waals surface area contributed by atoms with Crippen LogP contribution in [0.5, 0.6) is 0 Å². The third-order valence-electron chi connectivity index (χ3n) is 2.31. The Balaban J connectivity index is 2.00. The van der Waals surface area contributed by atoms with E-state index in [-0.39, 0.29) is 18.6 Å². The summed E-state index contributed by atoms with van der Waals surface area (Å²) in [6, 6.07) is 1.66. The van der Waals surface area contributed by atoms with Crippen LogP contribution in [0.2, 0.25) is 0 Å². The average molecular weight is 277 g/mol. The van der Waals surface area contributed by atoms with Crippen molar-refractivity contribution in [1.29, 1.82) is 0 Å². The van der Waals surface area contributed by atoms with E-state index < -0.39 is 12.7 Å². The average Bonchev–Trinajstić information content (AvgIpc) is 2.74. The van der Waals surface area contributed by atoms with Crippen LogP contribution in [0.25, 0.3) is 10.2 Å². The highest BCUT2D eigenvalue weighted by Gasteiger charge is 2.25. The molecule has 0 aromatic carbocycles. The predicted octanol–water partition coefficient (Wildman–Crippen LogP) is 1.61. The first-order valence-electron chi connectivity index (χ1n) is 5.17. The molecule has 0 aliphatic heterocycles. The van der Waals surface area contributed by atoms with Gasteiger partial charge in [-0.05, 0) is 11.4 Å². The Morgan fingerprint density at radius 3 is 2.94 bits per heavy atom. The Labute approximate surface area is 104 Å². The molecule has 0 bridgehead atoms. The lowest BCUT2D eigenvalue weighted by molar-refractivity contribution is -0.124. The van der Waals surface area contributed by atoms with Crippen LogP contribution in [0, 0.1) is 0 Å². The number of hydrogen-bond acceptors (Lipinski definition) is 4. The highest BCUT2D eigenvalue weighted by molar-refractivity contribution is 7.16. The van der Waals surface area contributed by atoms with E-state index in [1.54, 1.807) is 11.4 Å². The van der Waals surface area contributed by atoms with Crippen LogP contribution in [0.1, 0.15) is 0 Å². The number of halogens is 3. The van der Waals surface area contributed by atoms with Crippen molar-refractivity contribution in [2.75, 3.05) is 13.1 Å². The zero-order chi connectivity index (χ0) is 13.2. The monoisotopic (exact) mass is 277 g/mol. The van der Waals surface area contributed by atoms with Gasteiger partial charge in [-0.15, -0.1) is 11.3 Å². The summed E-state index contributed by atoms with van der Waals surface area (Å²) < 4.78 is 37.0. The molecule has 4 nitrogen and oxygen atoms in total. The number of hydrogen-bond donors (Lipinski definition) is 1. The number of thiophene rings is 1. The molecule has 0 atom stereocenters. The highest BCUT2D eigenvalue weighted by Crippen LogP contribution is 2.13. The molecule has 0 amide bonds. The second-order valence-electron chi connectivity index (χ2n) is 3.67. The molecule has 1 N–H and O–H groups in total. The van der Waals surface area contributed by atoms with Crippen molar-refractivity contribution in [2.45, 2.75) is 12.7 Å². The van der Waals surface area contributed by atoms with E-state index in [2.05, 4.69) is 10.3 Å². The quantitative estimate of drug-likeness (QED) is 0.864. The van der Waals surface area contributed by atoms with Gasteiger partial charge in [-0.25, -0.2) is 4.98 Å². The first-order valence-corrected chi connectivity index (χ1v) is 6.05.